The number of likely N-dealkylation sites (tertiary alicyclic amines) is 1. The van der Waals surface area contributed by atoms with E-state index in [0.717, 1.165) is 18.9 Å². The van der Waals surface area contributed by atoms with Gasteiger partial charge in [-0.25, -0.2) is 4.79 Å². The molecule has 1 saturated heterocycles. The Labute approximate surface area is 153 Å². The lowest BCUT2D eigenvalue weighted by atomic mass is 9.84. The highest BCUT2D eigenvalue weighted by molar-refractivity contribution is 5.68. The second kappa shape index (κ2) is 7.89. The fraction of sp³-hybridized carbons (Fsp3) is 0.650. The molecule has 1 aliphatic rings. The predicted octanol–water partition coefficient (Wildman–Crippen LogP) is 5.85. The molecule has 0 radical (unpaired) electrons. The number of amides is 1. The van der Waals surface area contributed by atoms with Gasteiger partial charge >= 0.3 is 12.3 Å². The molecule has 1 amide bonds. The van der Waals surface area contributed by atoms with E-state index in [0.29, 0.717) is 25.1 Å². The number of piperidine rings is 1. The largest absolute Gasteiger partial charge is 0.444 e. The minimum atomic E-state index is -4.35. The number of hydrogen-bond acceptors (Lipinski definition) is 2. The van der Waals surface area contributed by atoms with Crippen molar-refractivity contribution in [2.45, 2.75) is 64.7 Å². The average molecular weight is 371 g/mol. The molecule has 0 spiro atoms. The first-order valence-corrected chi connectivity index (χ1v) is 9.11. The lowest BCUT2D eigenvalue weighted by Crippen LogP contribution is -2.43. The van der Waals surface area contributed by atoms with E-state index in [1.807, 2.05) is 27.7 Å². The second-order valence-corrected chi connectivity index (χ2v) is 8.16. The van der Waals surface area contributed by atoms with Crippen LogP contribution in [-0.2, 0) is 10.9 Å². The number of carbonyl (C=O) groups is 1. The zero-order chi connectivity index (χ0) is 19.5. The molecule has 1 aromatic rings. The number of halogens is 3. The number of benzene rings is 1. The van der Waals surface area contributed by atoms with E-state index in [1.54, 1.807) is 17.0 Å². The fourth-order valence-electron chi connectivity index (χ4n) is 3.56. The molecule has 26 heavy (non-hydrogen) atoms. The molecule has 0 aliphatic carbocycles. The summed E-state index contributed by atoms with van der Waals surface area (Å²) in [5.74, 6) is -0.0519. The van der Waals surface area contributed by atoms with E-state index in [4.69, 9.17) is 4.74 Å². The molecule has 0 saturated carbocycles. The molecule has 6 heteroatoms. The van der Waals surface area contributed by atoms with Gasteiger partial charge in [-0.1, -0.05) is 25.1 Å². The first-order chi connectivity index (χ1) is 12.0. The van der Waals surface area contributed by atoms with Gasteiger partial charge in [0.2, 0.25) is 0 Å². The summed E-state index contributed by atoms with van der Waals surface area (Å²) in [4.78, 5) is 13.9. The molecule has 3 nitrogen and oxygen atoms in total. The number of rotatable bonds is 3. The fourth-order valence-corrected chi connectivity index (χ4v) is 3.56. The van der Waals surface area contributed by atoms with Crippen LogP contribution in [0.1, 0.15) is 64.0 Å². The van der Waals surface area contributed by atoms with Crippen molar-refractivity contribution in [1.82, 2.24) is 4.90 Å². The van der Waals surface area contributed by atoms with Crippen LogP contribution in [0.2, 0.25) is 0 Å². The van der Waals surface area contributed by atoms with Crippen LogP contribution in [0.3, 0.4) is 0 Å². The van der Waals surface area contributed by atoms with E-state index in [-0.39, 0.29) is 17.9 Å². The Morgan fingerprint density at radius 2 is 1.92 bits per heavy atom. The van der Waals surface area contributed by atoms with Crippen molar-refractivity contribution in [2.24, 2.45) is 5.92 Å². The first-order valence-electron chi connectivity index (χ1n) is 9.11. The van der Waals surface area contributed by atoms with Gasteiger partial charge in [0.25, 0.3) is 0 Å². The molecular weight excluding hydrogens is 343 g/mol. The van der Waals surface area contributed by atoms with Crippen LogP contribution >= 0.6 is 0 Å². The maximum atomic E-state index is 13.2. The Hall–Kier alpha value is -1.72. The molecule has 146 valence electrons. The van der Waals surface area contributed by atoms with E-state index in [1.165, 1.54) is 6.07 Å². The highest BCUT2D eigenvalue weighted by Gasteiger charge is 2.35. The van der Waals surface area contributed by atoms with Crippen LogP contribution in [0, 0.1) is 5.92 Å². The zero-order valence-electron chi connectivity index (χ0n) is 15.9. The maximum absolute atomic E-state index is 13.2. The number of nitrogens with zero attached hydrogens (tertiary/aromatic N) is 1. The van der Waals surface area contributed by atoms with Gasteiger partial charge in [-0.2, -0.15) is 13.2 Å². The van der Waals surface area contributed by atoms with E-state index >= 15 is 0 Å². The third-order valence-corrected chi connectivity index (χ3v) is 4.65. The smallest absolute Gasteiger partial charge is 0.416 e. The Morgan fingerprint density at radius 3 is 2.54 bits per heavy atom. The van der Waals surface area contributed by atoms with E-state index in [9.17, 15) is 18.0 Å². The molecule has 0 N–H and O–H groups in total. The highest BCUT2D eigenvalue weighted by Crippen LogP contribution is 2.38. The lowest BCUT2D eigenvalue weighted by Gasteiger charge is -2.35. The minimum Gasteiger partial charge on any atom is -0.444 e. The van der Waals surface area contributed by atoms with Crippen molar-refractivity contribution in [1.29, 1.82) is 0 Å². The molecule has 2 atom stereocenters. The molecular formula is C20H28F3NO2. The van der Waals surface area contributed by atoms with Gasteiger partial charge in [0.1, 0.15) is 5.60 Å². The molecule has 2 unspecified atom stereocenters. The summed E-state index contributed by atoms with van der Waals surface area (Å²) in [5.41, 5.74) is -0.787. The summed E-state index contributed by atoms with van der Waals surface area (Å²) >= 11 is 0. The summed E-state index contributed by atoms with van der Waals surface area (Å²) in [7, 11) is 0. The Kier molecular flexibility index (Phi) is 6.25. The van der Waals surface area contributed by atoms with Crippen LogP contribution in [0.15, 0.2) is 24.3 Å². The molecule has 1 aliphatic heterocycles. The minimum absolute atomic E-state index is 0.174. The van der Waals surface area contributed by atoms with Crippen molar-refractivity contribution in [2.75, 3.05) is 13.1 Å². The molecule has 2 rings (SSSR count). The summed E-state index contributed by atoms with van der Waals surface area (Å²) in [6.07, 6.45) is -2.31. The van der Waals surface area contributed by atoms with Crippen molar-refractivity contribution in [3.63, 3.8) is 0 Å². The third kappa shape index (κ3) is 5.64. The van der Waals surface area contributed by atoms with E-state index in [2.05, 4.69) is 0 Å². The van der Waals surface area contributed by atoms with Gasteiger partial charge < -0.3 is 9.64 Å². The number of alkyl halides is 3. The standard InChI is InChI=1S/C20H28F3NO2/c1-14(16-9-5-6-10-17(16)20(21,22)23)12-15-8-7-11-24(13-15)18(25)26-19(2,3)4/h5-6,9-10,14-15H,7-8,11-13H2,1-4H3. The van der Waals surface area contributed by atoms with E-state index < -0.39 is 17.3 Å². The van der Waals surface area contributed by atoms with Crippen LogP contribution in [0.5, 0.6) is 0 Å². The number of carbonyl (C=O) groups excluding carboxylic acids is 1. The monoisotopic (exact) mass is 371 g/mol. The quantitative estimate of drug-likeness (QED) is 0.667. The zero-order valence-corrected chi connectivity index (χ0v) is 15.9. The number of ether oxygens (including phenoxy) is 1. The summed E-state index contributed by atoms with van der Waals surface area (Å²) in [5, 5.41) is 0. The topological polar surface area (TPSA) is 29.5 Å². The third-order valence-electron chi connectivity index (χ3n) is 4.65. The average Bonchev–Trinajstić information content (AvgIpc) is 2.52. The highest BCUT2D eigenvalue weighted by atomic mass is 19.4. The van der Waals surface area contributed by atoms with Crippen LogP contribution in [0.4, 0.5) is 18.0 Å². The van der Waals surface area contributed by atoms with Gasteiger partial charge in [0, 0.05) is 13.1 Å². The Balaban J connectivity index is 2.04. The van der Waals surface area contributed by atoms with Gasteiger partial charge in [0.05, 0.1) is 5.56 Å². The summed E-state index contributed by atoms with van der Waals surface area (Å²) in [6, 6.07) is 5.76. The van der Waals surface area contributed by atoms with Gasteiger partial charge in [-0.3, -0.25) is 0 Å². The van der Waals surface area contributed by atoms with Crippen molar-refractivity contribution >= 4 is 6.09 Å². The summed E-state index contributed by atoms with van der Waals surface area (Å²) < 4.78 is 45.1. The summed E-state index contributed by atoms with van der Waals surface area (Å²) in [6.45, 7) is 8.47. The second-order valence-electron chi connectivity index (χ2n) is 8.16. The van der Waals surface area contributed by atoms with Crippen molar-refractivity contribution < 1.29 is 22.7 Å². The Morgan fingerprint density at radius 1 is 1.27 bits per heavy atom. The van der Waals surface area contributed by atoms with Crippen molar-refractivity contribution in [3.8, 4) is 0 Å². The van der Waals surface area contributed by atoms with Crippen molar-refractivity contribution in [3.05, 3.63) is 35.4 Å². The molecule has 1 fully saturated rings. The maximum Gasteiger partial charge on any atom is 0.416 e. The van der Waals surface area contributed by atoms with Gasteiger partial charge in [0.15, 0.2) is 0 Å². The van der Waals surface area contributed by atoms with Gasteiger partial charge in [-0.15, -0.1) is 0 Å². The predicted molar refractivity (Wildman–Crippen MR) is 95.0 cm³/mol. The SMILES string of the molecule is CC(CC1CCCN(C(=O)OC(C)(C)C)C1)c1ccccc1C(F)(F)F. The molecule has 0 aromatic heterocycles. The normalized spacial score (nSPS) is 20.0. The van der Waals surface area contributed by atoms with Crippen LogP contribution in [-0.4, -0.2) is 29.7 Å². The molecule has 1 heterocycles. The van der Waals surface area contributed by atoms with Crippen LogP contribution < -0.4 is 0 Å². The number of hydrogen-bond donors (Lipinski definition) is 0. The lowest BCUT2D eigenvalue weighted by molar-refractivity contribution is -0.138. The molecule has 0 bridgehead atoms. The Bertz CT molecular complexity index is 622. The van der Waals surface area contributed by atoms with Gasteiger partial charge in [-0.05, 0) is 63.5 Å². The first kappa shape index (κ1) is 20.6. The molecule has 1 aromatic carbocycles. The van der Waals surface area contributed by atoms with Crippen LogP contribution in [0.25, 0.3) is 0 Å².